The molecule has 0 aliphatic heterocycles. The molecular weight excluding hydrogens is 386 g/mol. The third-order valence-electron chi connectivity index (χ3n) is 5.73. The van der Waals surface area contributed by atoms with Crippen LogP contribution in [0.5, 0.6) is 11.8 Å². The fraction of sp³-hybridized carbons (Fsp3) is 0.154. The van der Waals surface area contributed by atoms with E-state index in [0.717, 1.165) is 28.8 Å². The van der Waals surface area contributed by atoms with Gasteiger partial charge >= 0.3 is 0 Å². The van der Waals surface area contributed by atoms with Gasteiger partial charge in [0.05, 0.1) is 14.2 Å². The largest absolute Gasteiger partial charge is 0.481 e. The molecule has 0 aliphatic rings. The van der Waals surface area contributed by atoms with Crippen molar-refractivity contribution >= 4 is 21.8 Å². The summed E-state index contributed by atoms with van der Waals surface area (Å²) in [5.74, 6) is 1.25. The molecule has 5 heteroatoms. The summed E-state index contributed by atoms with van der Waals surface area (Å²) < 4.78 is 13.3. The highest BCUT2D eigenvalue weighted by Crippen LogP contribution is 2.37. The van der Waals surface area contributed by atoms with Crippen molar-refractivity contribution in [1.29, 1.82) is 0 Å². The first-order valence-electron chi connectivity index (χ1n) is 10.3. The molecule has 0 amide bonds. The Morgan fingerprint density at radius 2 is 1.19 bits per heavy atom. The molecule has 0 aliphatic carbocycles. The topological polar surface area (TPSA) is 49.2 Å². The molecule has 5 nitrogen and oxygen atoms in total. The highest BCUT2D eigenvalue weighted by atomic mass is 16.5. The van der Waals surface area contributed by atoms with Gasteiger partial charge in [-0.3, -0.25) is 0 Å². The van der Waals surface area contributed by atoms with E-state index in [1.807, 2.05) is 24.3 Å². The van der Waals surface area contributed by atoms with Gasteiger partial charge < -0.3 is 14.0 Å². The number of methoxy groups -OCH3 is 2. The van der Waals surface area contributed by atoms with Crippen molar-refractivity contribution in [1.82, 2.24) is 14.5 Å². The maximum atomic E-state index is 5.49. The van der Waals surface area contributed by atoms with E-state index in [2.05, 4.69) is 57.9 Å². The Bertz CT molecular complexity index is 1300. The summed E-state index contributed by atoms with van der Waals surface area (Å²) in [6.45, 7) is 3.07. The number of benzene rings is 2. The van der Waals surface area contributed by atoms with Gasteiger partial charge in [0.2, 0.25) is 11.8 Å². The quantitative estimate of drug-likeness (QED) is 0.360. The predicted octanol–water partition coefficient (Wildman–Crippen LogP) is 5.96. The number of pyridine rings is 2. The third kappa shape index (κ3) is 3.10. The van der Waals surface area contributed by atoms with E-state index < -0.39 is 0 Å². The molecule has 0 bridgehead atoms. The first-order chi connectivity index (χ1) is 15.2. The molecule has 0 saturated carbocycles. The SMILES string of the molecule is CCn1c2ccc(-c3cccnc3OC)cc2c2cc(-c3cccnc3OC)ccc21. The van der Waals surface area contributed by atoms with E-state index in [9.17, 15) is 0 Å². The number of rotatable bonds is 5. The number of fused-ring (bicyclic) bond motifs is 3. The second kappa shape index (κ2) is 7.76. The van der Waals surface area contributed by atoms with E-state index in [1.54, 1.807) is 26.6 Å². The minimum atomic E-state index is 0.627. The van der Waals surface area contributed by atoms with Gasteiger partial charge in [-0.2, -0.15) is 0 Å². The fourth-order valence-electron chi connectivity index (χ4n) is 4.33. The van der Waals surface area contributed by atoms with E-state index in [0.29, 0.717) is 11.8 Å². The average molecular weight is 409 g/mol. The van der Waals surface area contributed by atoms with Gasteiger partial charge in [0, 0.05) is 51.9 Å². The molecule has 3 heterocycles. The molecule has 0 saturated heterocycles. The van der Waals surface area contributed by atoms with Gasteiger partial charge in [-0.1, -0.05) is 12.1 Å². The Morgan fingerprint density at radius 3 is 1.61 bits per heavy atom. The average Bonchev–Trinajstić information content (AvgIpc) is 3.16. The van der Waals surface area contributed by atoms with Crippen LogP contribution in [0.15, 0.2) is 73.1 Å². The molecule has 0 spiro atoms. The summed E-state index contributed by atoms with van der Waals surface area (Å²) >= 11 is 0. The van der Waals surface area contributed by atoms with Crippen LogP contribution in [0.3, 0.4) is 0 Å². The first kappa shape index (κ1) is 19.1. The molecular formula is C26H23N3O2. The van der Waals surface area contributed by atoms with Crippen molar-refractivity contribution in [3.63, 3.8) is 0 Å². The normalized spacial score (nSPS) is 11.2. The lowest BCUT2D eigenvalue weighted by Crippen LogP contribution is -1.94. The number of aryl methyl sites for hydroxylation is 1. The smallest absolute Gasteiger partial charge is 0.221 e. The first-order valence-corrected chi connectivity index (χ1v) is 10.3. The van der Waals surface area contributed by atoms with Gasteiger partial charge in [-0.25, -0.2) is 9.97 Å². The van der Waals surface area contributed by atoms with Gasteiger partial charge in [-0.05, 0) is 66.6 Å². The van der Waals surface area contributed by atoms with Crippen LogP contribution in [0.2, 0.25) is 0 Å². The minimum absolute atomic E-state index is 0.627. The molecule has 0 radical (unpaired) electrons. The molecule has 154 valence electrons. The van der Waals surface area contributed by atoms with E-state index in [1.165, 1.54) is 21.8 Å². The maximum absolute atomic E-state index is 5.49. The lowest BCUT2D eigenvalue weighted by molar-refractivity contribution is 0.399. The van der Waals surface area contributed by atoms with Gasteiger partial charge in [0.15, 0.2) is 0 Å². The number of hydrogen-bond donors (Lipinski definition) is 0. The molecule has 0 unspecified atom stereocenters. The Balaban J connectivity index is 1.78. The van der Waals surface area contributed by atoms with E-state index in [-0.39, 0.29) is 0 Å². The number of aromatic nitrogens is 3. The lowest BCUT2D eigenvalue weighted by Gasteiger charge is -2.08. The monoisotopic (exact) mass is 409 g/mol. The number of hydrogen-bond acceptors (Lipinski definition) is 4. The van der Waals surface area contributed by atoms with Crippen LogP contribution in [0, 0.1) is 0 Å². The van der Waals surface area contributed by atoms with Crippen LogP contribution in [0.4, 0.5) is 0 Å². The lowest BCUT2D eigenvalue weighted by atomic mass is 10.0. The highest BCUT2D eigenvalue weighted by Gasteiger charge is 2.15. The van der Waals surface area contributed by atoms with Crippen molar-refractivity contribution in [2.45, 2.75) is 13.5 Å². The Hall–Kier alpha value is -3.86. The van der Waals surface area contributed by atoms with Gasteiger partial charge in [-0.15, -0.1) is 0 Å². The predicted molar refractivity (Wildman–Crippen MR) is 125 cm³/mol. The van der Waals surface area contributed by atoms with Crippen LogP contribution in [0.25, 0.3) is 44.1 Å². The van der Waals surface area contributed by atoms with Crippen molar-refractivity contribution in [3.05, 3.63) is 73.1 Å². The molecule has 0 atom stereocenters. The van der Waals surface area contributed by atoms with E-state index in [4.69, 9.17) is 9.47 Å². The standard InChI is InChI=1S/C26H23N3O2/c1-4-29-23-11-9-17(19-7-5-13-27-25(19)30-2)15-21(23)22-16-18(10-12-24(22)29)20-8-6-14-28-26(20)31-3/h5-16H,4H2,1-3H3. The zero-order valence-electron chi connectivity index (χ0n) is 17.8. The van der Waals surface area contributed by atoms with Gasteiger partial charge in [0.1, 0.15) is 0 Å². The van der Waals surface area contributed by atoms with Crippen LogP contribution in [0.1, 0.15) is 6.92 Å². The zero-order valence-corrected chi connectivity index (χ0v) is 17.8. The van der Waals surface area contributed by atoms with Crippen molar-refractivity contribution in [2.75, 3.05) is 14.2 Å². The molecule has 31 heavy (non-hydrogen) atoms. The summed E-state index contributed by atoms with van der Waals surface area (Å²) in [5, 5.41) is 2.40. The summed E-state index contributed by atoms with van der Waals surface area (Å²) in [7, 11) is 3.31. The molecule has 0 fully saturated rings. The van der Waals surface area contributed by atoms with E-state index >= 15 is 0 Å². The van der Waals surface area contributed by atoms with Crippen LogP contribution < -0.4 is 9.47 Å². The highest BCUT2D eigenvalue weighted by molar-refractivity contribution is 6.10. The third-order valence-corrected chi connectivity index (χ3v) is 5.73. The summed E-state index contributed by atoms with van der Waals surface area (Å²) in [5.41, 5.74) is 6.54. The molecule has 2 aromatic carbocycles. The number of nitrogens with zero attached hydrogens (tertiary/aromatic N) is 3. The van der Waals surface area contributed by atoms with Crippen molar-refractivity contribution < 1.29 is 9.47 Å². The van der Waals surface area contributed by atoms with Crippen LogP contribution >= 0.6 is 0 Å². The summed E-state index contributed by atoms with van der Waals surface area (Å²) in [6.07, 6.45) is 3.49. The van der Waals surface area contributed by atoms with Crippen molar-refractivity contribution in [2.24, 2.45) is 0 Å². The van der Waals surface area contributed by atoms with Gasteiger partial charge in [0.25, 0.3) is 0 Å². The Kier molecular flexibility index (Phi) is 4.79. The molecule has 5 aromatic rings. The maximum Gasteiger partial charge on any atom is 0.221 e. The van der Waals surface area contributed by atoms with Crippen LogP contribution in [-0.2, 0) is 6.54 Å². The second-order valence-electron chi connectivity index (χ2n) is 7.33. The number of ether oxygens (including phenoxy) is 2. The Morgan fingerprint density at radius 1 is 0.710 bits per heavy atom. The fourth-order valence-corrected chi connectivity index (χ4v) is 4.33. The molecule has 3 aromatic heterocycles. The second-order valence-corrected chi connectivity index (χ2v) is 7.33. The Labute approximate surface area is 180 Å². The molecule has 0 N–H and O–H groups in total. The van der Waals surface area contributed by atoms with Crippen LogP contribution in [-0.4, -0.2) is 28.8 Å². The summed E-state index contributed by atoms with van der Waals surface area (Å²) in [4.78, 5) is 8.72. The summed E-state index contributed by atoms with van der Waals surface area (Å²) in [6, 6.07) is 21.1. The molecule has 5 rings (SSSR count). The van der Waals surface area contributed by atoms with Crippen molar-refractivity contribution in [3.8, 4) is 34.0 Å². The zero-order chi connectivity index (χ0) is 21.4. The minimum Gasteiger partial charge on any atom is -0.481 e.